The SMILES string of the molecule is CCCNCC(Cc1ccc(C)cc1)Cc1ccc(Cl)s1. The van der Waals surface area contributed by atoms with Gasteiger partial charge in [-0.2, -0.15) is 0 Å². The summed E-state index contributed by atoms with van der Waals surface area (Å²) in [7, 11) is 0. The van der Waals surface area contributed by atoms with Gasteiger partial charge in [0.05, 0.1) is 4.34 Å². The van der Waals surface area contributed by atoms with Crippen molar-refractivity contribution in [1.82, 2.24) is 5.32 Å². The van der Waals surface area contributed by atoms with Crippen molar-refractivity contribution in [3.8, 4) is 0 Å². The molecule has 0 saturated heterocycles. The van der Waals surface area contributed by atoms with Gasteiger partial charge in [0.1, 0.15) is 0 Å². The molecule has 0 bridgehead atoms. The van der Waals surface area contributed by atoms with Crippen LogP contribution in [0.2, 0.25) is 4.34 Å². The molecule has 1 N–H and O–H groups in total. The topological polar surface area (TPSA) is 12.0 Å². The van der Waals surface area contributed by atoms with Gasteiger partial charge in [0, 0.05) is 4.88 Å². The molecule has 1 nitrogen and oxygen atoms in total. The lowest BCUT2D eigenvalue weighted by Gasteiger charge is -2.17. The Morgan fingerprint density at radius 3 is 2.48 bits per heavy atom. The molecule has 2 rings (SSSR count). The molecule has 1 aromatic heterocycles. The van der Waals surface area contributed by atoms with Crippen LogP contribution in [0.1, 0.15) is 29.3 Å². The zero-order chi connectivity index (χ0) is 15.1. The standard InChI is InChI=1S/C18H24ClNS/c1-3-10-20-13-16(12-17-8-9-18(19)21-17)11-15-6-4-14(2)5-7-15/h4-9,16,20H,3,10-13H2,1-2H3. The highest BCUT2D eigenvalue weighted by Crippen LogP contribution is 2.25. The first-order valence-electron chi connectivity index (χ1n) is 7.68. The third kappa shape index (κ3) is 5.82. The molecule has 0 spiro atoms. The highest BCUT2D eigenvalue weighted by atomic mass is 35.5. The Morgan fingerprint density at radius 1 is 1.10 bits per heavy atom. The van der Waals surface area contributed by atoms with Gasteiger partial charge >= 0.3 is 0 Å². The van der Waals surface area contributed by atoms with Crippen LogP contribution in [-0.4, -0.2) is 13.1 Å². The number of benzene rings is 1. The molecule has 1 heterocycles. The Bertz CT molecular complexity index is 532. The highest BCUT2D eigenvalue weighted by molar-refractivity contribution is 7.16. The third-order valence-corrected chi connectivity index (χ3v) is 4.88. The van der Waals surface area contributed by atoms with Crippen LogP contribution in [0.25, 0.3) is 0 Å². The molecule has 0 saturated carbocycles. The second-order valence-electron chi connectivity index (χ2n) is 5.67. The van der Waals surface area contributed by atoms with Gasteiger partial charge in [-0.1, -0.05) is 48.4 Å². The highest BCUT2D eigenvalue weighted by Gasteiger charge is 2.12. The smallest absolute Gasteiger partial charge is 0.0931 e. The van der Waals surface area contributed by atoms with Crippen LogP contribution in [0.15, 0.2) is 36.4 Å². The van der Waals surface area contributed by atoms with Gasteiger partial charge in [0.25, 0.3) is 0 Å². The molecule has 1 atom stereocenters. The number of hydrogen-bond acceptors (Lipinski definition) is 2. The van der Waals surface area contributed by atoms with Crippen LogP contribution in [-0.2, 0) is 12.8 Å². The van der Waals surface area contributed by atoms with Crippen LogP contribution in [0.5, 0.6) is 0 Å². The molecular weight excluding hydrogens is 298 g/mol. The Balaban J connectivity index is 1.98. The van der Waals surface area contributed by atoms with Crippen LogP contribution >= 0.6 is 22.9 Å². The second-order valence-corrected chi connectivity index (χ2v) is 7.47. The van der Waals surface area contributed by atoms with Crippen LogP contribution in [0, 0.1) is 12.8 Å². The molecule has 0 amide bonds. The van der Waals surface area contributed by atoms with E-state index < -0.39 is 0 Å². The summed E-state index contributed by atoms with van der Waals surface area (Å²) >= 11 is 7.76. The van der Waals surface area contributed by atoms with Crippen molar-refractivity contribution in [1.29, 1.82) is 0 Å². The number of aryl methyl sites for hydroxylation is 1. The minimum absolute atomic E-state index is 0.619. The van der Waals surface area contributed by atoms with Crippen molar-refractivity contribution < 1.29 is 0 Å². The van der Waals surface area contributed by atoms with Crippen molar-refractivity contribution >= 4 is 22.9 Å². The maximum absolute atomic E-state index is 6.05. The Kier molecular flexibility index (Phi) is 6.75. The van der Waals surface area contributed by atoms with E-state index in [4.69, 9.17) is 11.6 Å². The van der Waals surface area contributed by atoms with E-state index in [2.05, 4.69) is 49.5 Å². The molecule has 0 radical (unpaired) electrons. The number of hydrogen-bond donors (Lipinski definition) is 1. The Labute approximate surface area is 137 Å². The van der Waals surface area contributed by atoms with Crippen LogP contribution in [0.4, 0.5) is 0 Å². The fraction of sp³-hybridized carbons (Fsp3) is 0.444. The summed E-state index contributed by atoms with van der Waals surface area (Å²) < 4.78 is 0.889. The van der Waals surface area contributed by atoms with E-state index in [1.165, 1.54) is 22.4 Å². The van der Waals surface area contributed by atoms with Crippen molar-refractivity contribution in [3.05, 3.63) is 56.7 Å². The van der Waals surface area contributed by atoms with Gasteiger partial charge in [-0.15, -0.1) is 11.3 Å². The van der Waals surface area contributed by atoms with Gasteiger partial charge in [-0.25, -0.2) is 0 Å². The molecular formula is C18H24ClNS. The van der Waals surface area contributed by atoms with Crippen molar-refractivity contribution in [3.63, 3.8) is 0 Å². The summed E-state index contributed by atoms with van der Waals surface area (Å²) in [4.78, 5) is 1.38. The lowest BCUT2D eigenvalue weighted by atomic mass is 9.95. The minimum Gasteiger partial charge on any atom is -0.316 e. The maximum atomic E-state index is 6.05. The zero-order valence-corrected chi connectivity index (χ0v) is 14.4. The number of nitrogens with one attached hydrogen (secondary N) is 1. The predicted octanol–water partition coefficient (Wildman–Crippen LogP) is 5.11. The summed E-state index contributed by atoms with van der Waals surface area (Å²) in [6, 6.07) is 13.1. The summed E-state index contributed by atoms with van der Waals surface area (Å²) in [6.07, 6.45) is 3.40. The van der Waals surface area contributed by atoms with E-state index in [9.17, 15) is 0 Å². The van der Waals surface area contributed by atoms with Gasteiger partial charge < -0.3 is 5.32 Å². The molecule has 0 aliphatic carbocycles. The van der Waals surface area contributed by atoms with Gasteiger partial charge in [0.2, 0.25) is 0 Å². The summed E-state index contributed by atoms with van der Waals surface area (Å²) in [5.74, 6) is 0.619. The molecule has 1 unspecified atom stereocenters. The molecule has 3 heteroatoms. The van der Waals surface area contributed by atoms with E-state index in [-0.39, 0.29) is 0 Å². The molecule has 0 aliphatic rings. The first-order valence-corrected chi connectivity index (χ1v) is 8.87. The Morgan fingerprint density at radius 2 is 1.86 bits per heavy atom. The number of halogens is 1. The largest absolute Gasteiger partial charge is 0.316 e. The molecule has 114 valence electrons. The van der Waals surface area contributed by atoms with E-state index >= 15 is 0 Å². The minimum atomic E-state index is 0.619. The summed E-state index contributed by atoms with van der Waals surface area (Å²) in [5, 5.41) is 3.57. The van der Waals surface area contributed by atoms with E-state index in [1.807, 2.05) is 6.07 Å². The monoisotopic (exact) mass is 321 g/mol. The molecule has 21 heavy (non-hydrogen) atoms. The molecule has 1 aromatic carbocycles. The number of rotatable bonds is 8. The number of thiophene rings is 1. The van der Waals surface area contributed by atoms with Crippen LogP contribution < -0.4 is 5.32 Å². The summed E-state index contributed by atoms with van der Waals surface area (Å²) in [5.41, 5.74) is 2.75. The maximum Gasteiger partial charge on any atom is 0.0931 e. The first kappa shape index (κ1) is 16.5. The molecule has 2 aromatic rings. The average Bonchev–Trinajstić information content (AvgIpc) is 2.87. The van der Waals surface area contributed by atoms with Crippen molar-refractivity contribution in [2.45, 2.75) is 33.1 Å². The molecule has 0 fully saturated rings. The van der Waals surface area contributed by atoms with E-state index in [0.29, 0.717) is 5.92 Å². The third-order valence-electron chi connectivity index (χ3n) is 3.62. The second kappa shape index (κ2) is 8.57. The quantitative estimate of drug-likeness (QED) is 0.666. The fourth-order valence-corrected chi connectivity index (χ4v) is 3.70. The van der Waals surface area contributed by atoms with Gasteiger partial charge in [0.15, 0.2) is 0 Å². The van der Waals surface area contributed by atoms with Crippen molar-refractivity contribution in [2.24, 2.45) is 5.92 Å². The normalized spacial score (nSPS) is 12.5. The zero-order valence-electron chi connectivity index (χ0n) is 12.9. The van der Waals surface area contributed by atoms with Crippen LogP contribution in [0.3, 0.4) is 0 Å². The lowest BCUT2D eigenvalue weighted by molar-refractivity contribution is 0.473. The lowest BCUT2D eigenvalue weighted by Crippen LogP contribution is -2.26. The van der Waals surface area contributed by atoms with E-state index in [0.717, 1.165) is 30.3 Å². The summed E-state index contributed by atoms with van der Waals surface area (Å²) in [6.45, 7) is 6.51. The van der Waals surface area contributed by atoms with Gasteiger partial charge in [-0.3, -0.25) is 0 Å². The first-order chi connectivity index (χ1) is 10.2. The predicted molar refractivity (Wildman–Crippen MR) is 94.6 cm³/mol. The van der Waals surface area contributed by atoms with E-state index in [1.54, 1.807) is 11.3 Å². The van der Waals surface area contributed by atoms with Gasteiger partial charge in [-0.05, 0) is 62.9 Å². The van der Waals surface area contributed by atoms with Crippen molar-refractivity contribution in [2.75, 3.05) is 13.1 Å². The fourth-order valence-electron chi connectivity index (χ4n) is 2.50. The average molecular weight is 322 g/mol. The Hall–Kier alpha value is -0.830. The molecule has 0 aliphatic heterocycles.